The highest BCUT2D eigenvalue weighted by Crippen LogP contribution is 2.32. The fraction of sp³-hybridized carbons (Fsp3) is 0.250. The summed E-state index contributed by atoms with van der Waals surface area (Å²) in [7, 11) is 0. The van der Waals surface area contributed by atoms with Crippen LogP contribution in [0.25, 0.3) is 10.4 Å². The predicted octanol–water partition coefficient (Wildman–Crippen LogP) is 4.80. The highest BCUT2D eigenvalue weighted by molar-refractivity contribution is 6.34. The first-order chi connectivity index (χ1) is 9.70. The maximum Gasteiger partial charge on any atom is 0.144 e. The summed E-state index contributed by atoms with van der Waals surface area (Å²) in [4.78, 5) is 2.71. The van der Waals surface area contributed by atoms with Crippen LogP contribution in [0, 0.1) is 0 Å². The number of aromatic nitrogens is 1. The summed E-state index contributed by atoms with van der Waals surface area (Å²) in [6.45, 7) is 0.270. The maximum absolute atomic E-state index is 8.32. The number of rotatable bonds is 6. The molecule has 2 aromatic rings. The van der Waals surface area contributed by atoms with E-state index in [1.165, 1.54) is 6.26 Å². The molecular formula is C12H10Cl2N4O2. The summed E-state index contributed by atoms with van der Waals surface area (Å²) in [5.74, 6) is 0.438. The molecule has 104 valence electrons. The lowest BCUT2D eigenvalue weighted by Gasteiger charge is -2.17. The molecule has 0 fully saturated rings. The van der Waals surface area contributed by atoms with Crippen molar-refractivity contribution in [3.63, 3.8) is 0 Å². The second-order valence-electron chi connectivity index (χ2n) is 3.85. The van der Waals surface area contributed by atoms with Gasteiger partial charge < -0.3 is 9.26 Å². The molecule has 0 saturated heterocycles. The first-order valence-corrected chi connectivity index (χ1v) is 6.49. The van der Waals surface area contributed by atoms with Gasteiger partial charge >= 0.3 is 0 Å². The molecule has 8 heteroatoms. The van der Waals surface area contributed by atoms with E-state index in [1.54, 1.807) is 24.3 Å². The van der Waals surface area contributed by atoms with Gasteiger partial charge in [-0.15, -0.1) is 0 Å². The van der Waals surface area contributed by atoms with Crippen molar-refractivity contribution >= 4 is 23.2 Å². The molecule has 1 atom stereocenters. The molecular weight excluding hydrogens is 303 g/mol. The second kappa shape index (κ2) is 7.05. The van der Waals surface area contributed by atoms with Gasteiger partial charge in [-0.2, -0.15) is 0 Å². The van der Waals surface area contributed by atoms with Crippen molar-refractivity contribution < 1.29 is 9.26 Å². The van der Waals surface area contributed by atoms with Crippen molar-refractivity contribution in [3.8, 4) is 5.75 Å². The zero-order chi connectivity index (χ0) is 14.4. The fourth-order valence-electron chi connectivity index (χ4n) is 1.60. The van der Waals surface area contributed by atoms with E-state index in [4.69, 9.17) is 38.0 Å². The molecule has 0 amide bonds. The Morgan fingerprint density at radius 3 is 2.95 bits per heavy atom. The Morgan fingerprint density at radius 1 is 1.40 bits per heavy atom. The quantitative estimate of drug-likeness (QED) is 0.436. The topological polar surface area (TPSA) is 84.0 Å². The van der Waals surface area contributed by atoms with Gasteiger partial charge in [0, 0.05) is 28.6 Å². The highest BCUT2D eigenvalue weighted by Gasteiger charge is 2.17. The van der Waals surface area contributed by atoms with Crippen molar-refractivity contribution in [3.05, 3.63) is 56.7 Å². The molecule has 0 spiro atoms. The van der Waals surface area contributed by atoms with E-state index in [2.05, 4.69) is 15.2 Å². The van der Waals surface area contributed by atoms with Gasteiger partial charge in [0.05, 0.1) is 5.02 Å². The molecule has 20 heavy (non-hydrogen) atoms. The number of ether oxygens (including phenoxy) is 1. The maximum atomic E-state index is 8.32. The van der Waals surface area contributed by atoms with E-state index in [9.17, 15) is 0 Å². The highest BCUT2D eigenvalue weighted by atomic mass is 35.5. The van der Waals surface area contributed by atoms with Crippen LogP contribution in [0.1, 0.15) is 18.2 Å². The predicted molar refractivity (Wildman–Crippen MR) is 75.0 cm³/mol. The third-order valence-corrected chi connectivity index (χ3v) is 3.05. The number of azide groups is 1. The first-order valence-electron chi connectivity index (χ1n) is 5.73. The number of hydrogen-bond acceptors (Lipinski definition) is 4. The van der Waals surface area contributed by atoms with Crippen molar-refractivity contribution in [2.24, 2.45) is 5.11 Å². The van der Waals surface area contributed by atoms with E-state index in [0.29, 0.717) is 27.9 Å². The van der Waals surface area contributed by atoms with Gasteiger partial charge in [0.15, 0.2) is 0 Å². The molecule has 0 aliphatic carbocycles. The summed E-state index contributed by atoms with van der Waals surface area (Å²) < 4.78 is 10.6. The summed E-state index contributed by atoms with van der Waals surface area (Å²) in [5, 5.41) is 8.27. The molecule has 1 aromatic heterocycles. The lowest BCUT2D eigenvalue weighted by Crippen LogP contribution is -2.09. The van der Waals surface area contributed by atoms with Gasteiger partial charge in [-0.25, -0.2) is 0 Å². The Hall–Kier alpha value is -1.88. The average Bonchev–Trinajstić information content (AvgIpc) is 2.96. The Bertz CT molecular complexity index is 612. The van der Waals surface area contributed by atoms with E-state index < -0.39 is 6.10 Å². The molecule has 2 rings (SSSR count). The largest absolute Gasteiger partial charge is 0.482 e. The van der Waals surface area contributed by atoms with Crippen LogP contribution >= 0.6 is 23.2 Å². The van der Waals surface area contributed by atoms with Crippen LogP contribution in [0.4, 0.5) is 0 Å². The molecule has 0 radical (unpaired) electrons. The van der Waals surface area contributed by atoms with Crippen molar-refractivity contribution in [2.75, 3.05) is 6.54 Å². The third kappa shape index (κ3) is 3.81. The zero-order valence-electron chi connectivity index (χ0n) is 10.2. The van der Waals surface area contributed by atoms with Crippen LogP contribution in [0.2, 0.25) is 10.0 Å². The SMILES string of the molecule is [N-]=[N+]=NCCC(Oc1cc(Cl)ccc1Cl)c1ccon1. The minimum Gasteiger partial charge on any atom is -0.482 e. The van der Waals surface area contributed by atoms with Crippen LogP contribution < -0.4 is 4.74 Å². The summed E-state index contributed by atoms with van der Waals surface area (Å²) in [5.41, 5.74) is 8.92. The monoisotopic (exact) mass is 312 g/mol. The van der Waals surface area contributed by atoms with Gasteiger partial charge in [0.2, 0.25) is 0 Å². The normalized spacial score (nSPS) is 11.7. The summed E-state index contributed by atoms with van der Waals surface area (Å²) in [6.07, 6.45) is 1.45. The Morgan fingerprint density at radius 2 is 2.25 bits per heavy atom. The molecule has 0 aliphatic heterocycles. The molecule has 0 aliphatic rings. The summed E-state index contributed by atoms with van der Waals surface area (Å²) >= 11 is 12.0. The Balaban J connectivity index is 2.18. The molecule has 6 nitrogen and oxygen atoms in total. The molecule has 0 bridgehead atoms. The molecule has 0 N–H and O–H groups in total. The molecule has 1 heterocycles. The lowest BCUT2D eigenvalue weighted by atomic mass is 10.2. The number of hydrogen-bond donors (Lipinski definition) is 0. The summed E-state index contributed by atoms with van der Waals surface area (Å²) in [6, 6.07) is 6.61. The van der Waals surface area contributed by atoms with E-state index in [0.717, 1.165) is 0 Å². The molecule has 1 aromatic carbocycles. The second-order valence-corrected chi connectivity index (χ2v) is 4.69. The lowest BCUT2D eigenvalue weighted by molar-refractivity contribution is 0.187. The van der Waals surface area contributed by atoms with Crippen molar-refractivity contribution in [1.29, 1.82) is 0 Å². The minimum atomic E-state index is -0.435. The molecule has 1 unspecified atom stereocenters. The Kier molecular flexibility index (Phi) is 5.12. The average molecular weight is 313 g/mol. The van der Waals surface area contributed by atoms with E-state index >= 15 is 0 Å². The van der Waals surface area contributed by atoms with Crippen molar-refractivity contribution in [2.45, 2.75) is 12.5 Å². The number of halogens is 2. The van der Waals surface area contributed by atoms with Crippen LogP contribution in [0.15, 0.2) is 40.2 Å². The van der Waals surface area contributed by atoms with E-state index in [-0.39, 0.29) is 6.54 Å². The van der Waals surface area contributed by atoms with Gasteiger partial charge in [-0.3, -0.25) is 0 Å². The fourth-order valence-corrected chi connectivity index (χ4v) is 1.92. The third-order valence-electron chi connectivity index (χ3n) is 2.50. The zero-order valence-corrected chi connectivity index (χ0v) is 11.8. The van der Waals surface area contributed by atoms with Gasteiger partial charge in [0.1, 0.15) is 23.8 Å². The smallest absolute Gasteiger partial charge is 0.144 e. The van der Waals surface area contributed by atoms with Crippen molar-refractivity contribution in [1.82, 2.24) is 5.16 Å². The first kappa shape index (κ1) is 14.5. The van der Waals surface area contributed by atoms with Gasteiger partial charge in [0.25, 0.3) is 0 Å². The Labute approximate surface area is 124 Å². The van der Waals surface area contributed by atoms with Gasteiger partial charge in [-0.05, 0) is 24.1 Å². The molecule has 0 saturated carbocycles. The van der Waals surface area contributed by atoms with Crippen LogP contribution in [0.3, 0.4) is 0 Å². The minimum absolute atomic E-state index is 0.270. The number of benzene rings is 1. The van der Waals surface area contributed by atoms with Crippen LogP contribution in [-0.2, 0) is 0 Å². The van der Waals surface area contributed by atoms with Gasteiger partial charge in [-0.1, -0.05) is 33.5 Å². The van der Waals surface area contributed by atoms with E-state index in [1.807, 2.05) is 0 Å². The van der Waals surface area contributed by atoms with Crippen LogP contribution in [0.5, 0.6) is 5.75 Å². The standard InChI is InChI=1S/C12H10Cl2N4O2/c13-8-1-2-9(14)12(7-8)20-11(3-5-16-18-15)10-4-6-19-17-10/h1-2,4,6-7,11H,3,5H2. The number of nitrogens with zero attached hydrogens (tertiary/aromatic N) is 4. The van der Waals surface area contributed by atoms with Crippen LogP contribution in [-0.4, -0.2) is 11.7 Å².